The second-order valence-corrected chi connectivity index (χ2v) is 5.10. The molecule has 1 aliphatic rings. The van der Waals surface area contributed by atoms with Crippen LogP contribution in [0.4, 0.5) is 10.5 Å². The average Bonchev–Trinajstić information content (AvgIpc) is 2.46. The molecule has 1 atom stereocenters. The summed E-state index contributed by atoms with van der Waals surface area (Å²) in [7, 11) is 0. The minimum absolute atomic E-state index is 0.111. The Morgan fingerprint density at radius 1 is 1.37 bits per heavy atom. The molecule has 0 aliphatic carbocycles. The van der Waals surface area contributed by atoms with Crippen LogP contribution in [0.3, 0.4) is 0 Å². The standard InChI is InChI=1S/C15H23N3O/c1-2-18-10-6-7-13(12-18)11-16-15(19)17-14-8-4-3-5-9-14/h3-5,8-9,13H,2,6-7,10-12H2,1H3,(H2,16,17,19). The van der Waals surface area contributed by atoms with Gasteiger partial charge in [-0.1, -0.05) is 25.1 Å². The van der Waals surface area contributed by atoms with Gasteiger partial charge in [0.25, 0.3) is 0 Å². The number of carbonyl (C=O) groups is 1. The fraction of sp³-hybridized carbons (Fsp3) is 0.533. The molecule has 1 saturated heterocycles. The second kappa shape index (κ2) is 7.14. The smallest absolute Gasteiger partial charge is 0.319 e. The number of hydrogen-bond donors (Lipinski definition) is 2. The molecule has 0 bridgehead atoms. The third kappa shape index (κ3) is 4.56. The van der Waals surface area contributed by atoms with E-state index in [1.807, 2.05) is 30.3 Å². The van der Waals surface area contributed by atoms with E-state index < -0.39 is 0 Å². The van der Waals surface area contributed by atoms with E-state index in [0.717, 1.165) is 25.3 Å². The van der Waals surface area contributed by atoms with Crippen LogP contribution in [0.25, 0.3) is 0 Å². The third-order valence-corrected chi connectivity index (χ3v) is 3.63. The largest absolute Gasteiger partial charge is 0.338 e. The molecule has 0 spiro atoms. The van der Waals surface area contributed by atoms with Crippen molar-refractivity contribution in [3.8, 4) is 0 Å². The Balaban J connectivity index is 1.71. The summed E-state index contributed by atoms with van der Waals surface area (Å²) in [6.45, 7) is 6.35. The normalized spacial score (nSPS) is 19.9. The van der Waals surface area contributed by atoms with E-state index in [1.54, 1.807) is 0 Å². The minimum Gasteiger partial charge on any atom is -0.338 e. The van der Waals surface area contributed by atoms with Crippen molar-refractivity contribution in [1.82, 2.24) is 10.2 Å². The van der Waals surface area contributed by atoms with Crippen LogP contribution in [0.2, 0.25) is 0 Å². The van der Waals surface area contributed by atoms with Crippen LogP contribution < -0.4 is 10.6 Å². The number of hydrogen-bond acceptors (Lipinski definition) is 2. The van der Waals surface area contributed by atoms with Crippen molar-refractivity contribution in [3.05, 3.63) is 30.3 Å². The average molecular weight is 261 g/mol. The highest BCUT2D eigenvalue weighted by Gasteiger charge is 2.18. The highest BCUT2D eigenvalue weighted by Crippen LogP contribution is 2.15. The van der Waals surface area contributed by atoms with Crippen molar-refractivity contribution in [2.24, 2.45) is 5.92 Å². The molecule has 1 unspecified atom stereocenters. The van der Waals surface area contributed by atoms with Gasteiger partial charge >= 0.3 is 6.03 Å². The van der Waals surface area contributed by atoms with E-state index in [1.165, 1.54) is 19.4 Å². The molecular formula is C15H23N3O. The van der Waals surface area contributed by atoms with Crippen LogP contribution in [0.5, 0.6) is 0 Å². The van der Waals surface area contributed by atoms with Gasteiger partial charge in [-0.25, -0.2) is 4.79 Å². The van der Waals surface area contributed by atoms with Crippen LogP contribution in [0, 0.1) is 5.92 Å². The molecule has 19 heavy (non-hydrogen) atoms. The maximum atomic E-state index is 11.8. The third-order valence-electron chi connectivity index (χ3n) is 3.63. The van der Waals surface area contributed by atoms with E-state index in [9.17, 15) is 4.79 Å². The summed E-state index contributed by atoms with van der Waals surface area (Å²) >= 11 is 0. The van der Waals surface area contributed by atoms with E-state index in [2.05, 4.69) is 22.5 Å². The van der Waals surface area contributed by atoms with E-state index >= 15 is 0 Å². The first-order valence-electron chi connectivity index (χ1n) is 7.10. The van der Waals surface area contributed by atoms with Crippen molar-refractivity contribution in [3.63, 3.8) is 0 Å². The van der Waals surface area contributed by atoms with E-state index in [4.69, 9.17) is 0 Å². The van der Waals surface area contributed by atoms with Crippen molar-refractivity contribution >= 4 is 11.7 Å². The molecule has 2 N–H and O–H groups in total. The van der Waals surface area contributed by atoms with Crippen molar-refractivity contribution in [2.75, 3.05) is 31.5 Å². The lowest BCUT2D eigenvalue weighted by Crippen LogP contribution is -2.41. The molecule has 0 radical (unpaired) electrons. The molecule has 0 aromatic heterocycles. The topological polar surface area (TPSA) is 44.4 Å². The summed E-state index contributed by atoms with van der Waals surface area (Å²) in [6, 6.07) is 9.42. The zero-order valence-corrected chi connectivity index (χ0v) is 11.6. The Bertz CT molecular complexity index is 394. The first kappa shape index (κ1) is 13.9. The molecule has 1 aromatic carbocycles. The SMILES string of the molecule is CCN1CCCC(CNC(=O)Nc2ccccc2)C1. The number of anilines is 1. The number of carbonyl (C=O) groups excluding carboxylic acids is 1. The van der Waals surface area contributed by atoms with Gasteiger partial charge in [0.05, 0.1) is 0 Å². The molecule has 1 heterocycles. The number of urea groups is 1. The molecule has 4 heteroatoms. The molecular weight excluding hydrogens is 238 g/mol. The van der Waals surface area contributed by atoms with Gasteiger partial charge in [-0.3, -0.25) is 0 Å². The number of likely N-dealkylation sites (tertiary alicyclic amines) is 1. The van der Waals surface area contributed by atoms with Crippen LogP contribution in [-0.4, -0.2) is 37.1 Å². The van der Waals surface area contributed by atoms with Crippen LogP contribution in [-0.2, 0) is 0 Å². The quantitative estimate of drug-likeness (QED) is 0.875. The summed E-state index contributed by atoms with van der Waals surface area (Å²) in [6.07, 6.45) is 2.45. The van der Waals surface area contributed by atoms with E-state index in [-0.39, 0.29) is 6.03 Å². The lowest BCUT2D eigenvalue weighted by Gasteiger charge is -2.31. The number of rotatable bonds is 4. The van der Waals surface area contributed by atoms with Crippen molar-refractivity contribution in [1.29, 1.82) is 0 Å². The fourth-order valence-electron chi connectivity index (χ4n) is 2.54. The zero-order chi connectivity index (χ0) is 13.5. The predicted molar refractivity (Wildman–Crippen MR) is 78.3 cm³/mol. The molecule has 1 fully saturated rings. The summed E-state index contributed by atoms with van der Waals surface area (Å²) in [5.74, 6) is 0.579. The Kier molecular flexibility index (Phi) is 5.21. The van der Waals surface area contributed by atoms with Crippen molar-refractivity contribution < 1.29 is 4.79 Å². The highest BCUT2D eigenvalue weighted by atomic mass is 16.2. The summed E-state index contributed by atoms with van der Waals surface area (Å²) in [4.78, 5) is 14.2. The Hall–Kier alpha value is -1.55. The van der Waals surface area contributed by atoms with Crippen LogP contribution >= 0.6 is 0 Å². The lowest BCUT2D eigenvalue weighted by atomic mass is 9.98. The molecule has 0 saturated carbocycles. The molecule has 2 rings (SSSR count). The van der Waals surface area contributed by atoms with Gasteiger partial charge in [0.1, 0.15) is 0 Å². The maximum Gasteiger partial charge on any atom is 0.319 e. The van der Waals surface area contributed by atoms with Gasteiger partial charge in [0, 0.05) is 18.8 Å². The van der Waals surface area contributed by atoms with Crippen LogP contribution in [0.15, 0.2) is 30.3 Å². The minimum atomic E-state index is -0.111. The monoisotopic (exact) mass is 261 g/mol. The number of amides is 2. The molecule has 104 valence electrons. The fourth-order valence-corrected chi connectivity index (χ4v) is 2.54. The predicted octanol–water partition coefficient (Wildman–Crippen LogP) is 2.54. The molecule has 1 aliphatic heterocycles. The van der Waals surface area contributed by atoms with Gasteiger partial charge in [-0.05, 0) is 44.0 Å². The number of benzene rings is 1. The van der Waals surface area contributed by atoms with Gasteiger partial charge < -0.3 is 15.5 Å². The Morgan fingerprint density at radius 3 is 2.89 bits per heavy atom. The van der Waals surface area contributed by atoms with Crippen LogP contribution in [0.1, 0.15) is 19.8 Å². The zero-order valence-electron chi connectivity index (χ0n) is 11.6. The first-order chi connectivity index (χ1) is 9.28. The highest BCUT2D eigenvalue weighted by molar-refractivity contribution is 5.89. The Morgan fingerprint density at radius 2 is 2.16 bits per heavy atom. The summed E-state index contributed by atoms with van der Waals surface area (Å²) < 4.78 is 0. The van der Waals surface area contributed by atoms with Gasteiger partial charge in [-0.2, -0.15) is 0 Å². The second-order valence-electron chi connectivity index (χ2n) is 5.10. The molecule has 2 amide bonds. The van der Waals surface area contributed by atoms with Gasteiger partial charge in [-0.15, -0.1) is 0 Å². The number of nitrogens with one attached hydrogen (secondary N) is 2. The number of nitrogens with zero attached hydrogens (tertiary/aromatic N) is 1. The van der Waals surface area contributed by atoms with E-state index in [0.29, 0.717) is 5.92 Å². The van der Waals surface area contributed by atoms with Crippen molar-refractivity contribution in [2.45, 2.75) is 19.8 Å². The maximum absolute atomic E-state index is 11.8. The summed E-state index contributed by atoms with van der Waals surface area (Å²) in [5.41, 5.74) is 0.832. The van der Waals surface area contributed by atoms with Gasteiger partial charge in [0.2, 0.25) is 0 Å². The summed E-state index contributed by atoms with van der Waals surface area (Å²) in [5, 5.41) is 5.81. The number of piperidine rings is 1. The Labute approximate surface area is 115 Å². The van der Waals surface area contributed by atoms with Gasteiger partial charge in [0.15, 0.2) is 0 Å². The molecule has 4 nitrogen and oxygen atoms in total. The number of para-hydroxylation sites is 1. The lowest BCUT2D eigenvalue weighted by molar-refractivity contribution is 0.180. The first-order valence-corrected chi connectivity index (χ1v) is 7.10. The molecule has 1 aromatic rings.